The highest BCUT2D eigenvalue weighted by Crippen LogP contribution is 2.46. The van der Waals surface area contributed by atoms with Gasteiger partial charge >= 0.3 is 0 Å². The molecule has 0 unspecified atom stereocenters. The van der Waals surface area contributed by atoms with Crippen molar-refractivity contribution in [3.8, 4) is 11.1 Å². The summed E-state index contributed by atoms with van der Waals surface area (Å²) in [7, 11) is 0. The number of aromatic nitrogens is 2. The number of nitrogens with zero attached hydrogens (tertiary/aromatic N) is 2. The molecule has 1 atom stereocenters. The second-order valence-corrected chi connectivity index (χ2v) is 8.35. The Labute approximate surface area is 167 Å². The molecule has 4 aromatic rings. The number of rotatable bonds is 3. The van der Waals surface area contributed by atoms with Crippen LogP contribution in [0.15, 0.2) is 65.7 Å². The zero-order chi connectivity index (χ0) is 19.3. The van der Waals surface area contributed by atoms with Gasteiger partial charge in [0.05, 0.1) is 12.2 Å². The van der Waals surface area contributed by atoms with Gasteiger partial charge in [0.15, 0.2) is 0 Å². The third kappa shape index (κ3) is 3.01. The molecule has 0 saturated carbocycles. The van der Waals surface area contributed by atoms with Crippen LogP contribution in [0.1, 0.15) is 29.9 Å². The summed E-state index contributed by atoms with van der Waals surface area (Å²) in [5.74, 6) is -0.222. The fraction of sp³-hybridized carbons (Fsp3) is 0.174. The lowest BCUT2D eigenvalue weighted by Gasteiger charge is -2.19. The Morgan fingerprint density at radius 2 is 2.04 bits per heavy atom. The molecule has 0 radical (unpaired) electrons. The number of benzene rings is 2. The fourth-order valence-electron chi connectivity index (χ4n) is 3.84. The molecule has 1 N–H and O–H groups in total. The largest absolute Gasteiger partial charge is 0.360 e. The molecule has 1 aliphatic rings. The standard InChI is InChI=1S/C23H20FN3S/c1-14-4-3-5-18(26-14)13-27-15(2)20-10-16(6-9-23(20)28-27)21-12-25-22-11-17(24)7-8-19(21)22/h3-12,15,25H,13H2,1-2H3/t15-/m1/s1. The van der Waals surface area contributed by atoms with E-state index in [4.69, 9.17) is 0 Å². The van der Waals surface area contributed by atoms with Crippen LogP contribution in [0.25, 0.3) is 22.0 Å². The van der Waals surface area contributed by atoms with Gasteiger partial charge in [0.1, 0.15) is 5.82 Å². The maximum atomic E-state index is 13.5. The first-order valence-corrected chi connectivity index (χ1v) is 10.1. The van der Waals surface area contributed by atoms with Crippen LogP contribution in [0.2, 0.25) is 0 Å². The average Bonchev–Trinajstić information content (AvgIpc) is 3.23. The summed E-state index contributed by atoms with van der Waals surface area (Å²) < 4.78 is 15.9. The quantitative estimate of drug-likeness (QED) is 0.420. The van der Waals surface area contributed by atoms with Gasteiger partial charge in [-0.1, -0.05) is 12.1 Å². The van der Waals surface area contributed by atoms with Crippen LogP contribution in [-0.4, -0.2) is 14.3 Å². The highest BCUT2D eigenvalue weighted by molar-refractivity contribution is 7.97. The molecular formula is C23H20FN3S. The van der Waals surface area contributed by atoms with Crippen molar-refractivity contribution in [1.82, 2.24) is 14.3 Å². The van der Waals surface area contributed by atoms with Gasteiger partial charge in [0.25, 0.3) is 0 Å². The topological polar surface area (TPSA) is 31.9 Å². The molecule has 0 amide bonds. The molecule has 3 nitrogen and oxygen atoms in total. The van der Waals surface area contributed by atoms with Crippen molar-refractivity contribution in [3.05, 3.63) is 83.6 Å². The molecule has 0 aliphatic carbocycles. The van der Waals surface area contributed by atoms with Crippen LogP contribution in [0, 0.1) is 12.7 Å². The molecule has 2 aromatic heterocycles. The van der Waals surface area contributed by atoms with Crippen molar-refractivity contribution in [1.29, 1.82) is 0 Å². The van der Waals surface area contributed by atoms with E-state index in [1.54, 1.807) is 18.0 Å². The van der Waals surface area contributed by atoms with Gasteiger partial charge in [-0.3, -0.25) is 4.98 Å². The minimum atomic E-state index is -0.222. The maximum Gasteiger partial charge on any atom is 0.125 e. The van der Waals surface area contributed by atoms with E-state index < -0.39 is 0 Å². The molecule has 0 saturated heterocycles. The van der Waals surface area contributed by atoms with Gasteiger partial charge in [-0.2, -0.15) is 0 Å². The lowest BCUT2D eigenvalue weighted by atomic mass is 9.99. The van der Waals surface area contributed by atoms with Crippen molar-refractivity contribution in [2.45, 2.75) is 31.3 Å². The van der Waals surface area contributed by atoms with Crippen molar-refractivity contribution >= 4 is 22.9 Å². The first kappa shape index (κ1) is 17.5. The van der Waals surface area contributed by atoms with Gasteiger partial charge in [-0.05, 0) is 79.4 Å². The predicted molar refractivity (Wildman–Crippen MR) is 112 cm³/mol. The zero-order valence-electron chi connectivity index (χ0n) is 15.7. The molecular weight excluding hydrogens is 369 g/mol. The number of fused-ring (bicyclic) bond motifs is 2. The smallest absolute Gasteiger partial charge is 0.125 e. The fourth-order valence-corrected chi connectivity index (χ4v) is 5.02. The number of H-pyrrole nitrogens is 1. The van der Waals surface area contributed by atoms with Crippen LogP contribution in [0.5, 0.6) is 0 Å². The Balaban J connectivity index is 1.46. The molecule has 0 bridgehead atoms. The molecule has 3 heterocycles. The number of nitrogens with one attached hydrogen (secondary N) is 1. The third-order valence-corrected chi connectivity index (χ3v) is 6.57. The first-order valence-electron chi connectivity index (χ1n) is 9.36. The molecule has 0 spiro atoms. The highest BCUT2D eigenvalue weighted by Gasteiger charge is 2.28. The van der Waals surface area contributed by atoms with Gasteiger partial charge in [0.2, 0.25) is 0 Å². The average molecular weight is 389 g/mol. The van der Waals surface area contributed by atoms with Crippen LogP contribution < -0.4 is 0 Å². The van der Waals surface area contributed by atoms with E-state index in [0.717, 1.165) is 40.0 Å². The number of hydrogen-bond acceptors (Lipinski definition) is 3. The lowest BCUT2D eigenvalue weighted by molar-refractivity contribution is 0.384. The Bertz CT molecular complexity index is 1180. The van der Waals surface area contributed by atoms with Crippen LogP contribution in [0.3, 0.4) is 0 Å². The second-order valence-electron chi connectivity index (χ2n) is 7.26. The van der Waals surface area contributed by atoms with E-state index in [-0.39, 0.29) is 5.82 Å². The first-order chi connectivity index (χ1) is 13.6. The van der Waals surface area contributed by atoms with E-state index >= 15 is 0 Å². The molecule has 5 rings (SSSR count). The van der Waals surface area contributed by atoms with Gasteiger partial charge in [-0.25, -0.2) is 8.70 Å². The van der Waals surface area contributed by atoms with E-state index in [2.05, 4.69) is 51.5 Å². The maximum absolute atomic E-state index is 13.5. The Morgan fingerprint density at radius 3 is 2.89 bits per heavy atom. The molecule has 28 heavy (non-hydrogen) atoms. The van der Waals surface area contributed by atoms with E-state index in [1.165, 1.54) is 16.5 Å². The summed E-state index contributed by atoms with van der Waals surface area (Å²) in [4.78, 5) is 9.12. The summed E-state index contributed by atoms with van der Waals surface area (Å²) >= 11 is 1.79. The summed E-state index contributed by atoms with van der Waals surface area (Å²) in [6.45, 7) is 5.07. The van der Waals surface area contributed by atoms with Crippen LogP contribution in [0.4, 0.5) is 4.39 Å². The van der Waals surface area contributed by atoms with Crippen molar-refractivity contribution in [2.75, 3.05) is 0 Å². The van der Waals surface area contributed by atoms with Crippen LogP contribution in [-0.2, 0) is 6.54 Å². The highest BCUT2D eigenvalue weighted by atomic mass is 32.2. The van der Waals surface area contributed by atoms with Crippen molar-refractivity contribution in [3.63, 3.8) is 0 Å². The number of aryl methyl sites for hydroxylation is 1. The minimum absolute atomic E-state index is 0.222. The predicted octanol–water partition coefficient (Wildman–Crippen LogP) is 6.26. The molecule has 5 heteroatoms. The number of aromatic amines is 1. The van der Waals surface area contributed by atoms with Gasteiger partial charge in [-0.15, -0.1) is 0 Å². The van der Waals surface area contributed by atoms with E-state index in [9.17, 15) is 4.39 Å². The molecule has 0 fully saturated rings. The molecule has 140 valence electrons. The number of hydrogen-bond donors (Lipinski definition) is 1. The van der Waals surface area contributed by atoms with Gasteiger partial charge in [0, 0.05) is 39.3 Å². The van der Waals surface area contributed by atoms with E-state index in [0.29, 0.717) is 6.04 Å². The number of pyridine rings is 1. The SMILES string of the molecule is Cc1cccc(CN2Sc3ccc(-c4c[nH]c5cc(F)ccc45)cc3[C@H]2C)n1. The van der Waals surface area contributed by atoms with E-state index in [1.807, 2.05) is 25.3 Å². The van der Waals surface area contributed by atoms with Crippen molar-refractivity contribution in [2.24, 2.45) is 0 Å². The summed E-state index contributed by atoms with van der Waals surface area (Å²) in [5, 5.41) is 1.04. The summed E-state index contributed by atoms with van der Waals surface area (Å²) in [5.41, 5.74) is 6.54. The minimum Gasteiger partial charge on any atom is -0.360 e. The number of halogens is 1. The molecule has 2 aromatic carbocycles. The monoisotopic (exact) mass is 389 g/mol. The van der Waals surface area contributed by atoms with Crippen molar-refractivity contribution < 1.29 is 4.39 Å². The normalized spacial score (nSPS) is 16.6. The summed E-state index contributed by atoms with van der Waals surface area (Å²) in [6, 6.07) is 18.0. The molecule has 1 aliphatic heterocycles. The van der Waals surface area contributed by atoms with Gasteiger partial charge < -0.3 is 4.98 Å². The Morgan fingerprint density at radius 1 is 1.14 bits per heavy atom. The third-order valence-electron chi connectivity index (χ3n) is 5.33. The zero-order valence-corrected chi connectivity index (χ0v) is 16.6. The van der Waals surface area contributed by atoms with Crippen LogP contribution >= 0.6 is 11.9 Å². The Kier molecular flexibility index (Phi) is 4.22. The summed E-state index contributed by atoms with van der Waals surface area (Å²) in [6.07, 6.45) is 1.97. The Hall–Kier alpha value is -2.63. The lowest BCUT2D eigenvalue weighted by Crippen LogP contribution is -2.15. The second kappa shape index (κ2) is 6.76.